The van der Waals surface area contributed by atoms with Crippen molar-refractivity contribution in [2.45, 2.75) is 20.4 Å². The van der Waals surface area contributed by atoms with Crippen LogP contribution in [0.2, 0.25) is 0 Å². The van der Waals surface area contributed by atoms with Crippen LogP contribution in [0.15, 0.2) is 49.1 Å². The Bertz CT molecular complexity index is 1120. The molecule has 2 N–H and O–H groups in total. The third-order valence-electron chi connectivity index (χ3n) is 4.45. The van der Waals surface area contributed by atoms with Gasteiger partial charge in [0.1, 0.15) is 6.33 Å². The number of H-pyrrole nitrogens is 1. The van der Waals surface area contributed by atoms with E-state index in [4.69, 9.17) is 4.98 Å². The van der Waals surface area contributed by atoms with Gasteiger partial charge in [0.15, 0.2) is 0 Å². The molecule has 4 rings (SSSR count). The van der Waals surface area contributed by atoms with Crippen molar-refractivity contribution in [2.75, 3.05) is 0 Å². The molecule has 4 aromatic rings. The highest BCUT2D eigenvalue weighted by molar-refractivity contribution is 5.94. The molecule has 7 heteroatoms. The van der Waals surface area contributed by atoms with Crippen LogP contribution in [0.25, 0.3) is 22.4 Å². The number of fused-ring (bicyclic) bond motifs is 1. The summed E-state index contributed by atoms with van der Waals surface area (Å²) in [6, 6.07) is 9.68. The van der Waals surface area contributed by atoms with Gasteiger partial charge >= 0.3 is 0 Å². The number of aromatic nitrogens is 5. The number of hydrogen-bond donors (Lipinski definition) is 2. The van der Waals surface area contributed by atoms with Gasteiger partial charge in [-0.25, -0.2) is 15.0 Å². The fraction of sp³-hybridized carbons (Fsp3) is 0.150. The van der Waals surface area contributed by atoms with Crippen LogP contribution in [-0.4, -0.2) is 30.8 Å². The average molecular weight is 358 g/mol. The zero-order valence-electron chi connectivity index (χ0n) is 15.0. The minimum absolute atomic E-state index is 0.213. The molecule has 0 spiro atoms. The standard InChI is InChI=1S/C20H18N6O/c1-12-18(16-5-3-4-8-22-16)26-17-7-6-14(25-19(12)17)9-23-20(27)15-10-21-11-24-13(15)2/h3-8,10-11,26H,9H2,1-2H3,(H,23,27). The SMILES string of the molecule is Cc1ncncc1C(=O)NCc1ccc2[nH]c(-c3ccccn3)c(C)c2n1. The predicted octanol–water partition coefficient (Wildman–Crippen LogP) is 2.96. The Labute approximate surface area is 155 Å². The first-order chi connectivity index (χ1) is 13.1. The smallest absolute Gasteiger partial charge is 0.255 e. The lowest BCUT2D eigenvalue weighted by Gasteiger charge is -2.06. The van der Waals surface area contributed by atoms with Crippen LogP contribution in [-0.2, 0) is 6.54 Å². The monoisotopic (exact) mass is 358 g/mol. The Morgan fingerprint density at radius 1 is 1.15 bits per heavy atom. The zero-order valence-corrected chi connectivity index (χ0v) is 15.0. The van der Waals surface area contributed by atoms with Crippen LogP contribution in [0.3, 0.4) is 0 Å². The topological polar surface area (TPSA) is 96.5 Å². The van der Waals surface area contributed by atoms with Gasteiger partial charge in [-0.2, -0.15) is 0 Å². The highest BCUT2D eigenvalue weighted by atomic mass is 16.1. The van der Waals surface area contributed by atoms with Crippen molar-refractivity contribution >= 4 is 16.9 Å². The van der Waals surface area contributed by atoms with Gasteiger partial charge in [-0.15, -0.1) is 0 Å². The molecule has 0 saturated heterocycles. The number of rotatable bonds is 4. The number of carbonyl (C=O) groups excluding carboxylic acids is 1. The molecule has 134 valence electrons. The van der Waals surface area contributed by atoms with Crippen molar-refractivity contribution in [1.29, 1.82) is 0 Å². The summed E-state index contributed by atoms with van der Waals surface area (Å²) in [7, 11) is 0. The minimum atomic E-state index is -0.213. The summed E-state index contributed by atoms with van der Waals surface area (Å²) in [5.74, 6) is -0.213. The van der Waals surface area contributed by atoms with Crippen molar-refractivity contribution < 1.29 is 4.79 Å². The summed E-state index contributed by atoms with van der Waals surface area (Å²) in [5, 5.41) is 2.87. The number of aryl methyl sites for hydroxylation is 2. The van der Waals surface area contributed by atoms with Gasteiger partial charge in [0.2, 0.25) is 0 Å². The number of amides is 1. The highest BCUT2D eigenvalue weighted by Gasteiger charge is 2.13. The van der Waals surface area contributed by atoms with E-state index in [-0.39, 0.29) is 5.91 Å². The first-order valence-electron chi connectivity index (χ1n) is 8.58. The van der Waals surface area contributed by atoms with Crippen LogP contribution in [0.4, 0.5) is 0 Å². The lowest BCUT2D eigenvalue weighted by Crippen LogP contribution is -2.24. The number of aromatic amines is 1. The molecule has 1 amide bonds. The fourth-order valence-corrected chi connectivity index (χ4v) is 2.98. The van der Waals surface area contributed by atoms with Gasteiger partial charge in [-0.3, -0.25) is 9.78 Å². The maximum Gasteiger partial charge on any atom is 0.255 e. The van der Waals surface area contributed by atoms with E-state index in [0.29, 0.717) is 17.8 Å². The van der Waals surface area contributed by atoms with Crippen LogP contribution in [0.1, 0.15) is 27.3 Å². The summed E-state index contributed by atoms with van der Waals surface area (Å²) < 4.78 is 0. The lowest BCUT2D eigenvalue weighted by atomic mass is 10.1. The quantitative estimate of drug-likeness (QED) is 0.585. The maximum absolute atomic E-state index is 12.3. The molecule has 0 aromatic carbocycles. The molecule has 0 fully saturated rings. The minimum Gasteiger partial charge on any atom is -0.352 e. The van der Waals surface area contributed by atoms with Gasteiger partial charge in [0.25, 0.3) is 5.91 Å². The molecular weight excluding hydrogens is 340 g/mol. The van der Waals surface area contributed by atoms with E-state index >= 15 is 0 Å². The van der Waals surface area contributed by atoms with E-state index < -0.39 is 0 Å². The Balaban J connectivity index is 1.58. The highest BCUT2D eigenvalue weighted by Crippen LogP contribution is 2.27. The Morgan fingerprint density at radius 2 is 2.04 bits per heavy atom. The van der Waals surface area contributed by atoms with E-state index in [1.807, 2.05) is 37.3 Å². The van der Waals surface area contributed by atoms with Gasteiger partial charge in [-0.1, -0.05) is 6.07 Å². The average Bonchev–Trinajstić information content (AvgIpc) is 3.03. The molecule has 0 aliphatic heterocycles. The molecule has 4 heterocycles. The lowest BCUT2D eigenvalue weighted by molar-refractivity contribution is 0.0949. The zero-order chi connectivity index (χ0) is 18.8. The predicted molar refractivity (Wildman–Crippen MR) is 102 cm³/mol. The third-order valence-corrected chi connectivity index (χ3v) is 4.45. The molecule has 0 aliphatic carbocycles. The molecule has 0 unspecified atom stereocenters. The first kappa shape index (κ1) is 16.8. The number of nitrogens with zero attached hydrogens (tertiary/aromatic N) is 4. The van der Waals surface area contributed by atoms with Crippen molar-refractivity contribution in [3.63, 3.8) is 0 Å². The number of hydrogen-bond acceptors (Lipinski definition) is 5. The third kappa shape index (κ3) is 3.27. The maximum atomic E-state index is 12.3. The summed E-state index contributed by atoms with van der Waals surface area (Å²) in [4.78, 5) is 32.8. The molecule has 27 heavy (non-hydrogen) atoms. The van der Waals surface area contributed by atoms with E-state index in [2.05, 4.69) is 25.3 Å². The van der Waals surface area contributed by atoms with Crippen LogP contribution in [0, 0.1) is 13.8 Å². The van der Waals surface area contributed by atoms with Gasteiger partial charge in [0, 0.05) is 18.0 Å². The van der Waals surface area contributed by atoms with Gasteiger partial charge in [-0.05, 0) is 38.1 Å². The molecular formula is C20H18N6O. The Kier molecular flexibility index (Phi) is 4.33. The Hall–Kier alpha value is -3.61. The molecule has 4 aromatic heterocycles. The van der Waals surface area contributed by atoms with Crippen LogP contribution in [0.5, 0.6) is 0 Å². The molecule has 0 saturated carbocycles. The molecule has 0 atom stereocenters. The summed E-state index contributed by atoms with van der Waals surface area (Å²) in [6.07, 6.45) is 4.71. The molecule has 0 radical (unpaired) electrons. The van der Waals surface area contributed by atoms with Crippen LogP contribution < -0.4 is 5.32 Å². The largest absolute Gasteiger partial charge is 0.352 e. The van der Waals surface area contributed by atoms with Crippen molar-refractivity contribution in [1.82, 2.24) is 30.2 Å². The first-order valence-corrected chi connectivity index (χ1v) is 8.58. The second-order valence-corrected chi connectivity index (χ2v) is 6.24. The van der Waals surface area contributed by atoms with E-state index in [0.717, 1.165) is 33.7 Å². The van der Waals surface area contributed by atoms with Gasteiger partial charge in [0.05, 0.1) is 45.9 Å². The summed E-state index contributed by atoms with van der Waals surface area (Å²) in [5.41, 5.74) is 6.57. The molecule has 0 bridgehead atoms. The van der Waals surface area contributed by atoms with Crippen LogP contribution >= 0.6 is 0 Å². The number of pyridine rings is 2. The second kappa shape index (κ2) is 6.95. The Morgan fingerprint density at radius 3 is 2.81 bits per heavy atom. The molecule has 7 nitrogen and oxygen atoms in total. The summed E-state index contributed by atoms with van der Waals surface area (Å²) >= 11 is 0. The number of nitrogens with one attached hydrogen (secondary N) is 2. The van der Waals surface area contributed by atoms with E-state index in [1.54, 1.807) is 13.1 Å². The van der Waals surface area contributed by atoms with Gasteiger partial charge < -0.3 is 10.3 Å². The second-order valence-electron chi connectivity index (χ2n) is 6.24. The van der Waals surface area contributed by atoms with E-state index in [1.165, 1.54) is 12.5 Å². The molecule has 0 aliphatic rings. The summed E-state index contributed by atoms with van der Waals surface area (Å²) in [6.45, 7) is 4.12. The van der Waals surface area contributed by atoms with Crippen molar-refractivity contribution in [3.8, 4) is 11.4 Å². The van der Waals surface area contributed by atoms with Crippen molar-refractivity contribution in [3.05, 3.63) is 71.6 Å². The number of carbonyl (C=O) groups is 1. The fourth-order valence-electron chi connectivity index (χ4n) is 2.98. The van der Waals surface area contributed by atoms with E-state index in [9.17, 15) is 4.79 Å². The normalized spacial score (nSPS) is 10.9. The van der Waals surface area contributed by atoms with Crippen molar-refractivity contribution in [2.24, 2.45) is 0 Å².